The number of hydrogen-bond acceptors (Lipinski definition) is 9. The highest BCUT2D eigenvalue weighted by Crippen LogP contribution is 2.43. The molecule has 0 unspecified atom stereocenters. The Bertz CT molecular complexity index is 1860. The van der Waals surface area contributed by atoms with Crippen molar-refractivity contribution >= 4 is 52.1 Å². The Balaban J connectivity index is 1.22. The van der Waals surface area contributed by atoms with Crippen molar-refractivity contribution in [2.45, 2.75) is 27.3 Å². The number of carbonyl (C=O) groups excluding carboxylic acids is 2. The predicted octanol–water partition coefficient (Wildman–Crippen LogP) is 5.54. The smallest absolute Gasteiger partial charge is 0.335 e. The maximum atomic E-state index is 14.7. The molecule has 0 spiro atoms. The Morgan fingerprint density at radius 2 is 1.48 bits per heavy atom. The van der Waals surface area contributed by atoms with E-state index in [1.807, 2.05) is 67.3 Å². The molecule has 3 aliphatic heterocycles. The third-order valence-corrected chi connectivity index (χ3v) is 10.00. The van der Waals surface area contributed by atoms with E-state index < -0.39 is 0 Å². The number of likely N-dealkylation sites (N-methyl/N-ethyl adjacent to an activating group) is 1. The molecule has 3 aliphatic rings. The minimum Gasteiger partial charge on any atom is -0.494 e. The zero-order chi connectivity index (χ0) is 34.9. The van der Waals surface area contributed by atoms with Crippen LogP contribution >= 0.6 is 0 Å². The molecule has 0 radical (unpaired) electrons. The van der Waals surface area contributed by atoms with Crippen molar-refractivity contribution in [3.8, 4) is 5.75 Å². The highest BCUT2D eigenvalue weighted by Gasteiger charge is 2.37. The lowest BCUT2D eigenvalue weighted by molar-refractivity contribution is -0.129. The van der Waals surface area contributed by atoms with Crippen LogP contribution in [0.3, 0.4) is 0 Å². The lowest BCUT2D eigenvalue weighted by Gasteiger charge is -2.38. The van der Waals surface area contributed by atoms with Gasteiger partial charge in [0.15, 0.2) is 5.82 Å². The number of methoxy groups -OCH3 is 1. The molecule has 3 aromatic carbocycles. The molecule has 7 rings (SSSR count). The van der Waals surface area contributed by atoms with Gasteiger partial charge in [0.2, 0.25) is 11.9 Å². The summed E-state index contributed by atoms with van der Waals surface area (Å²) in [5.41, 5.74) is 7.30. The summed E-state index contributed by atoms with van der Waals surface area (Å²) in [5.74, 6) is 1.54. The molecule has 1 N–H and O–H groups in total. The summed E-state index contributed by atoms with van der Waals surface area (Å²) < 4.78 is 5.96. The number of anilines is 7. The number of aryl methyl sites for hydroxylation is 2. The summed E-state index contributed by atoms with van der Waals surface area (Å²) in [6.45, 7) is 12.8. The van der Waals surface area contributed by atoms with Gasteiger partial charge in [-0.1, -0.05) is 18.2 Å². The molecule has 12 nitrogen and oxygen atoms in total. The number of fused-ring (bicyclic) bond motifs is 1. The van der Waals surface area contributed by atoms with E-state index in [0.717, 1.165) is 59.9 Å². The second-order valence-corrected chi connectivity index (χ2v) is 13.3. The van der Waals surface area contributed by atoms with E-state index >= 15 is 0 Å². The number of rotatable bonds is 7. The van der Waals surface area contributed by atoms with Crippen molar-refractivity contribution in [2.24, 2.45) is 0 Å². The number of piperazine rings is 2. The van der Waals surface area contributed by atoms with Gasteiger partial charge < -0.3 is 29.7 Å². The van der Waals surface area contributed by atoms with E-state index in [1.165, 1.54) is 5.69 Å². The summed E-state index contributed by atoms with van der Waals surface area (Å²) in [6, 6.07) is 20.1. The first-order valence-electron chi connectivity index (χ1n) is 17.2. The van der Waals surface area contributed by atoms with E-state index in [2.05, 4.69) is 39.2 Å². The van der Waals surface area contributed by atoms with Crippen LogP contribution in [0.4, 0.5) is 45.0 Å². The number of carbonyl (C=O) groups is 2. The van der Waals surface area contributed by atoms with Crippen LogP contribution in [0.15, 0.2) is 66.9 Å². The molecule has 4 aromatic rings. The zero-order valence-corrected chi connectivity index (χ0v) is 29.5. The van der Waals surface area contributed by atoms with E-state index in [9.17, 15) is 9.59 Å². The average Bonchev–Trinajstić information content (AvgIpc) is 3.12. The fourth-order valence-electron chi connectivity index (χ4n) is 7.11. The van der Waals surface area contributed by atoms with E-state index in [1.54, 1.807) is 30.0 Å². The van der Waals surface area contributed by atoms with Crippen molar-refractivity contribution in [1.29, 1.82) is 0 Å². The van der Waals surface area contributed by atoms with Gasteiger partial charge in [-0.3, -0.25) is 9.69 Å². The lowest BCUT2D eigenvalue weighted by atomic mass is 10.1. The SMILES string of the molecule is COc1cc(N2CCN(C(C)=O)CC2)ccc1N1C(=O)N(c2c(C)cccc2C)Cc2cnc(Nc3ccc(N4CCN(C)CC4)cc3)nc21. The Kier molecular flexibility index (Phi) is 9.20. The Morgan fingerprint density at radius 1 is 0.840 bits per heavy atom. The Morgan fingerprint density at radius 3 is 2.14 bits per heavy atom. The molecule has 4 heterocycles. The summed E-state index contributed by atoms with van der Waals surface area (Å²) >= 11 is 0. The number of ether oxygens (including phenoxy) is 1. The molecule has 3 amide bonds. The normalized spacial score (nSPS) is 16.8. The number of aromatic nitrogens is 2. The maximum absolute atomic E-state index is 14.7. The molecule has 2 saturated heterocycles. The van der Waals surface area contributed by atoms with E-state index in [4.69, 9.17) is 14.7 Å². The zero-order valence-electron chi connectivity index (χ0n) is 29.5. The van der Waals surface area contributed by atoms with Crippen LogP contribution < -0.4 is 29.7 Å². The number of urea groups is 1. The number of para-hydroxylation sites is 1. The third-order valence-electron chi connectivity index (χ3n) is 10.00. The van der Waals surface area contributed by atoms with Crippen molar-refractivity contribution < 1.29 is 14.3 Å². The first kappa shape index (κ1) is 33.2. The van der Waals surface area contributed by atoms with Gasteiger partial charge in [0, 0.05) is 94.2 Å². The minimum absolute atomic E-state index is 0.0896. The molecule has 0 saturated carbocycles. The van der Waals surface area contributed by atoms with Crippen molar-refractivity contribution in [3.05, 3.63) is 83.6 Å². The summed E-state index contributed by atoms with van der Waals surface area (Å²) in [6.07, 6.45) is 1.80. The van der Waals surface area contributed by atoms with Crippen LogP contribution in [0.5, 0.6) is 5.75 Å². The third kappa shape index (κ3) is 6.50. The highest BCUT2D eigenvalue weighted by molar-refractivity contribution is 6.11. The molecule has 12 heteroatoms. The molecule has 260 valence electrons. The first-order chi connectivity index (χ1) is 24.2. The second kappa shape index (κ2) is 13.9. The standard InChI is InChI=1S/C38H45N9O3/c1-26-7-6-8-27(2)35(26)46-25-29-24-39-37(40-30-9-11-31(12-10-30)44-17-15-42(4)16-18-44)41-36(29)47(38(46)49)33-14-13-32(23-34(33)50-5)45-21-19-43(20-22-45)28(3)48/h6-14,23-24H,15-22,25H2,1-5H3,(H,39,40,41). The van der Waals surface area contributed by atoms with Gasteiger partial charge in [-0.2, -0.15) is 4.98 Å². The van der Waals surface area contributed by atoms with Crippen molar-refractivity contribution in [3.63, 3.8) is 0 Å². The molecule has 0 aliphatic carbocycles. The highest BCUT2D eigenvalue weighted by atomic mass is 16.5. The molecule has 0 bridgehead atoms. The summed E-state index contributed by atoms with van der Waals surface area (Å²) in [4.78, 5) is 48.5. The van der Waals surface area contributed by atoms with Crippen molar-refractivity contribution in [2.75, 3.05) is 91.4 Å². The molecule has 1 aromatic heterocycles. The Labute approximate surface area is 293 Å². The quantitative estimate of drug-likeness (QED) is 0.271. The van der Waals surface area contributed by atoms with E-state index in [0.29, 0.717) is 55.9 Å². The first-order valence-corrected chi connectivity index (χ1v) is 17.2. The van der Waals surface area contributed by atoms with Crippen LogP contribution in [0.2, 0.25) is 0 Å². The van der Waals surface area contributed by atoms with Crippen LogP contribution in [0.25, 0.3) is 0 Å². The molecular formula is C38H45N9O3. The van der Waals surface area contributed by atoms with Crippen molar-refractivity contribution in [1.82, 2.24) is 19.8 Å². The van der Waals surface area contributed by atoms with Gasteiger partial charge in [-0.25, -0.2) is 14.7 Å². The topological polar surface area (TPSA) is 101 Å². The van der Waals surface area contributed by atoms with Gasteiger partial charge in [0.1, 0.15) is 5.75 Å². The molecule has 0 atom stereocenters. The van der Waals surface area contributed by atoms with Gasteiger partial charge in [-0.15, -0.1) is 0 Å². The Hall–Kier alpha value is -5.36. The molecular weight excluding hydrogens is 630 g/mol. The summed E-state index contributed by atoms with van der Waals surface area (Å²) in [5, 5.41) is 3.36. The number of hydrogen-bond donors (Lipinski definition) is 1. The van der Waals surface area contributed by atoms with Gasteiger partial charge in [-0.05, 0) is 68.4 Å². The maximum Gasteiger partial charge on any atom is 0.335 e. The minimum atomic E-state index is -0.225. The molecule has 2 fully saturated rings. The monoisotopic (exact) mass is 675 g/mol. The van der Waals surface area contributed by atoms with E-state index in [-0.39, 0.29) is 11.9 Å². The number of nitrogens with zero attached hydrogens (tertiary/aromatic N) is 8. The number of benzene rings is 3. The van der Waals surface area contributed by atoms with Crippen LogP contribution in [0.1, 0.15) is 23.6 Å². The largest absolute Gasteiger partial charge is 0.494 e. The lowest BCUT2D eigenvalue weighted by Crippen LogP contribution is -2.48. The number of amides is 3. The second-order valence-electron chi connectivity index (χ2n) is 13.3. The summed E-state index contributed by atoms with van der Waals surface area (Å²) in [7, 11) is 3.78. The number of nitrogens with one attached hydrogen (secondary N) is 1. The van der Waals surface area contributed by atoms with Crippen LogP contribution in [0, 0.1) is 13.8 Å². The predicted molar refractivity (Wildman–Crippen MR) is 199 cm³/mol. The van der Waals surface area contributed by atoms with Gasteiger partial charge in [0.05, 0.1) is 25.0 Å². The fourth-order valence-corrected chi connectivity index (χ4v) is 7.11. The average molecular weight is 676 g/mol. The van der Waals surface area contributed by atoms with Gasteiger partial charge in [0.25, 0.3) is 0 Å². The fraction of sp³-hybridized carbons (Fsp3) is 0.368. The van der Waals surface area contributed by atoms with Crippen LogP contribution in [-0.4, -0.2) is 98.2 Å². The van der Waals surface area contributed by atoms with Gasteiger partial charge >= 0.3 is 6.03 Å². The molecule has 50 heavy (non-hydrogen) atoms. The van der Waals surface area contributed by atoms with Crippen LogP contribution in [-0.2, 0) is 11.3 Å².